The van der Waals surface area contributed by atoms with Crippen LogP contribution in [0.3, 0.4) is 0 Å². The third-order valence-corrected chi connectivity index (χ3v) is 5.54. The molecule has 0 amide bonds. The molecule has 0 radical (unpaired) electrons. The van der Waals surface area contributed by atoms with Crippen molar-refractivity contribution in [3.05, 3.63) is 54.8 Å². The summed E-state index contributed by atoms with van der Waals surface area (Å²) >= 11 is 4.27. The summed E-state index contributed by atoms with van der Waals surface area (Å²) in [4.78, 5) is 1.41. The van der Waals surface area contributed by atoms with Crippen molar-refractivity contribution in [1.29, 1.82) is 0 Å². The molecule has 90 valence electrons. The Morgan fingerprint density at radius 2 is 1.94 bits per heavy atom. The maximum atomic E-state index is 3.44. The van der Waals surface area contributed by atoms with E-state index in [1.165, 1.54) is 25.1 Å². The van der Waals surface area contributed by atoms with Gasteiger partial charge in [-0.15, -0.1) is 11.3 Å². The number of benzene rings is 1. The Balaban J connectivity index is 2.50. The van der Waals surface area contributed by atoms with Crippen LogP contribution < -0.4 is 5.32 Å². The van der Waals surface area contributed by atoms with Crippen LogP contribution in [0.4, 0.5) is 0 Å². The number of thiophene rings is 1. The molecule has 1 N–H and O–H groups in total. The molecule has 1 aromatic heterocycles. The number of rotatable bonds is 3. The Morgan fingerprint density at radius 3 is 2.53 bits per heavy atom. The van der Waals surface area contributed by atoms with Gasteiger partial charge in [0.05, 0.1) is 6.04 Å². The third-order valence-electron chi connectivity index (χ3n) is 2.99. The summed E-state index contributed by atoms with van der Waals surface area (Å²) in [6.07, 6.45) is 0. The first-order valence-electron chi connectivity index (χ1n) is 5.61. The number of hydrogen-bond acceptors (Lipinski definition) is 2. The van der Waals surface area contributed by atoms with Gasteiger partial charge in [-0.3, -0.25) is 0 Å². The molecular formula is C14H16INS. The quantitative estimate of drug-likeness (QED) is 0.809. The van der Waals surface area contributed by atoms with Crippen LogP contribution in [0.15, 0.2) is 29.6 Å². The monoisotopic (exact) mass is 357 g/mol. The van der Waals surface area contributed by atoms with Gasteiger partial charge < -0.3 is 5.32 Å². The zero-order valence-electron chi connectivity index (χ0n) is 10.3. The highest BCUT2D eigenvalue weighted by Crippen LogP contribution is 2.32. The molecule has 0 bridgehead atoms. The van der Waals surface area contributed by atoms with Crippen LogP contribution in [-0.4, -0.2) is 7.05 Å². The average molecular weight is 357 g/mol. The molecular weight excluding hydrogens is 341 g/mol. The Labute approximate surface area is 120 Å². The van der Waals surface area contributed by atoms with Gasteiger partial charge in [0, 0.05) is 8.45 Å². The minimum absolute atomic E-state index is 0.307. The molecule has 17 heavy (non-hydrogen) atoms. The van der Waals surface area contributed by atoms with E-state index in [1.807, 2.05) is 18.4 Å². The molecule has 1 aromatic carbocycles. The summed E-state index contributed by atoms with van der Waals surface area (Å²) in [5.74, 6) is 0. The van der Waals surface area contributed by atoms with Gasteiger partial charge >= 0.3 is 0 Å². The molecule has 3 heteroatoms. The molecule has 1 heterocycles. The van der Waals surface area contributed by atoms with Crippen molar-refractivity contribution in [3.8, 4) is 0 Å². The van der Waals surface area contributed by atoms with Crippen LogP contribution in [0.1, 0.15) is 27.6 Å². The van der Waals surface area contributed by atoms with Gasteiger partial charge in [0.15, 0.2) is 0 Å². The van der Waals surface area contributed by atoms with Crippen molar-refractivity contribution in [2.24, 2.45) is 0 Å². The molecule has 0 aliphatic heterocycles. The first-order chi connectivity index (χ1) is 8.15. The predicted octanol–water partition coefficient (Wildman–Crippen LogP) is 4.28. The van der Waals surface area contributed by atoms with E-state index in [2.05, 4.69) is 71.4 Å². The van der Waals surface area contributed by atoms with Crippen molar-refractivity contribution < 1.29 is 0 Å². The van der Waals surface area contributed by atoms with E-state index in [4.69, 9.17) is 0 Å². The van der Waals surface area contributed by atoms with E-state index in [9.17, 15) is 0 Å². The molecule has 0 aliphatic carbocycles. The van der Waals surface area contributed by atoms with Crippen molar-refractivity contribution in [3.63, 3.8) is 0 Å². The van der Waals surface area contributed by atoms with Crippen LogP contribution >= 0.6 is 33.9 Å². The lowest BCUT2D eigenvalue weighted by Gasteiger charge is -2.19. The minimum Gasteiger partial charge on any atom is -0.309 e. The lowest BCUT2D eigenvalue weighted by molar-refractivity contribution is 0.696. The summed E-state index contributed by atoms with van der Waals surface area (Å²) in [6, 6.07) is 9.02. The van der Waals surface area contributed by atoms with Gasteiger partial charge in [-0.25, -0.2) is 0 Å². The number of nitrogens with one attached hydrogen (secondary N) is 1. The molecule has 2 rings (SSSR count). The summed E-state index contributed by atoms with van der Waals surface area (Å²) in [5, 5.41) is 5.60. The zero-order valence-corrected chi connectivity index (χ0v) is 13.2. The highest BCUT2D eigenvalue weighted by atomic mass is 127. The van der Waals surface area contributed by atoms with Crippen molar-refractivity contribution >= 4 is 33.9 Å². The van der Waals surface area contributed by atoms with Crippen LogP contribution in [-0.2, 0) is 0 Å². The fourth-order valence-electron chi connectivity index (χ4n) is 2.00. The molecule has 0 saturated carbocycles. The minimum atomic E-state index is 0.307. The Bertz CT molecular complexity index is 519. The molecule has 2 aromatic rings. The first-order valence-corrected chi connectivity index (χ1v) is 7.57. The topological polar surface area (TPSA) is 12.0 Å². The lowest BCUT2D eigenvalue weighted by Crippen LogP contribution is -2.18. The molecule has 1 unspecified atom stereocenters. The number of aryl methyl sites for hydroxylation is 2. The van der Waals surface area contributed by atoms with Crippen LogP contribution in [0, 0.1) is 17.4 Å². The fraction of sp³-hybridized carbons (Fsp3) is 0.286. The average Bonchev–Trinajstić information content (AvgIpc) is 2.72. The van der Waals surface area contributed by atoms with E-state index in [0.717, 1.165) is 0 Å². The third kappa shape index (κ3) is 2.56. The Kier molecular flexibility index (Phi) is 4.22. The predicted molar refractivity (Wildman–Crippen MR) is 83.9 cm³/mol. The smallest absolute Gasteiger partial charge is 0.0681 e. The van der Waals surface area contributed by atoms with E-state index in [1.54, 1.807) is 0 Å². The maximum absolute atomic E-state index is 3.44. The SMILES string of the molecule is CNC(c1cccc(C)c1I)c1sccc1C. The summed E-state index contributed by atoms with van der Waals surface area (Å²) < 4.78 is 1.36. The second kappa shape index (κ2) is 5.50. The van der Waals surface area contributed by atoms with Crippen LogP contribution in [0.5, 0.6) is 0 Å². The molecule has 1 nitrogen and oxygen atoms in total. The first kappa shape index (κ1) is 13.1. The van der Waals surface area contributed by atoms with Gasteiger partial charge in [-0.1, -0.05) is 18.2 Å². The summed E-state index contributed by atoms with van der Waals surface area (Å²) in [5.41, 5.74) is 4.09. The van der Waals surface area contributed by atoms with Gasteiger partial charge in [0.1, 0.15) is 0 Å². The van der Waals surface area contributed by atoms with E-state index in [0.29, 0.717) is 6.04 Å². The molecule has 1 atom stereocenters. The van der Waals surface area contributed by atoms with Gasteiger partial charge in [0.25, 0.3) is 0 Å². The normalized spacial score (nSPS) is 12.7. The summed E-state index contributed by atoms with van der Waals surface area (Å²) in [6.45, 7) is 4.35. The lowest BCUT2D eigenvalue weighted by atomic mass is 10.0. The molecule has 0 aliphatic rings. The van der Waals surface area contributed by atoms with Gasteiger partial charge in [-0.05, 0) is 71.6 Å². The van der Waals surface area contributed by atoms with Crippen molar-refractivity contribution in [2.45, 2.75) is 19.9 Å². The van der Waals surface area contributed by atoms with Gasteiger partial charge in [-0.2, -0.15) is 0 Å². The number of hydrogen-bond donors (Lipinski definition) is 1. The van der Waals surface area contributed by atoms with Crippen molar-refractivity contribution in [2.75, 3.05) is 7.05 Å². The van der Waals surface area contributed by atoms with E-state index >= 15 is 0 Å². The molecule has 0 spiro atoms. The fourth-order valence-corrected chi connectivity index (χ4v) is 3.73. The summed E-state index contributed by atoms with van der Waals surface area (Å²) in [7, 11) is 2.03. The molecule has 0 fully saturated rings. The highest BCUT2D eigenvalue weighted by Gasteiger charge is 2.18. The Morgan fingerprint density at radius 1 is 1.18 bits per heavy atom. The van der Waals surface area contributed by atoms with Gasteiger partial charge in [0.2, 0.25) is 0 Å². The number of halogens is 1. The van der Waals surface area contributed by atoms with Crippen LogP contribution in [0.2, 0.25) is 0 Å². The zero-order chi connectivity index (χ0) is 12.4. The van der Waals surface area contributed by atoms with Crippen molar-refractivity contribution in [1.82, 2.24) is 5.32 Å². The van der Waals surface area contributed by atoms with E-state index in [-0.39, 0.29) is 0 Å². The second-order valence-electron chi connectivity index (χ2n) is 4.17. The van der Waals surface area contributed by atoms with E-state index < -0.39 is 0 Å². The second-order valence-corrected chi connectivity index (χ2v) is 6.19. The maximum Gasteiger partial charge on any atom is 0.0681 e. The molecule has 0 saturated heterocycles. The standard InChI is InChI=1S/C14H16INS/c1-9-5-4-6-11(12(9)15)13(16-3)14-10(2)7-8-17-14/h4-8,13,16H,1-3H3. The highest BCUT2D eigenvalue weighted by molar-refractivity contribution is 14.1. The Hall–Kier alpha value is -0.390. The van der Waals surface area contributed by atoms with Crippen LogP contribution in [0.25, 0.3) is 0 Å². The largest absolute Gasteiger partial charge is 0.309 e.